The van der Waals surface area contributed by atoms with E-state index in [1.54, 1.807) is 7.05 Å². The number of carbonyl (C=O) groups is 1. The Kier molecular flexibility index (Phi) is 3.94. The molecule has 1 atom stereocenters. The lowest BCUT2D eigenvalue weighted by atomic mass is 9.97. The third-order valence-electron chi connectivity index (χ3n) is 4.29. The molecule has 0 bridgehead atoms. The van der Waals surface area contributed by atoms with E-state index < -0.39 is 0 Å². The van der Waals surface area contributed by atoms with Crippen LogP contribution in [0.5, 0.6) is 0 Å². The van der Waals surface area contributed by atoms with E-state index in [-0.39, 0.29) is 11.8 Å². The van der Waals surface area contributed by atoms with Crippen LogP contribution in [0.1, 0.15) is 37.4 Å². The predicted molar refractivity (Wildman–Crippen MR) is 82.6 cm³/mol. The van der Waals surface area contributed by atoms with Gasteiger partial charge in [0, 0.05) is 39.2 Å². The van der Waals surface area contributed by atoms with Crippen LogP contribution in [0.15, 0.2) is 6.07 Å². The Morgan fingerprint density at radius 2 is 2.10 bits per heavy atom. The molecular weight excluding hydrogens is 266 g/mol. The van der Waals surface area contributed by atoms with Gasteiger partial charge in [-0.05, 0) is 25.7 Å². The summed E-state index contributed by atoms with van der Waals surface area (Å²) < 4.78 is 0. The van der Waals surface area contributed by atoms with Gasteiger partial charge in [0.25, 0.3) is 0 Å². The van der Waals surface area contributed by atoms with Gasteiger partial charge in [-0.25, -0.2) is 9.97 Å². The van der Waals surface area contributed by atoms with Crippen LogP contribution >= 0.6 is 0 Å². The Balaban J connectivity index is 1.81. The van der Waals surface area contributed by atoms with Gasteiger partial charge in [-0.15, -0.1) is 0 Å². The summed E-state index contributed by atoms with van der Waals surface area (Å²) in [5.41, 5.74) is 0. The summed E-state index contributed by atoms with van der Waals surface area (Å²) in [6, 6.07) is 1.98. The maximum atomic E-state index is 11.9. The molecule has 0 radical (unpaired) electrons. The van der Waals surface area contributed by atoms with Crippen LogP contribution in [-0.4, -0.2) is 43.1 Å². The van der Waals surface area contributed by atoms with Crippen molar-refractivity contribution in [2.24, 2.45) is 5.92 Å². The fraction of sp³-hybridized carbons (Fsp3) is 0.667. The lowest BCUT2D eigenvalue weighted by Gasteiger charge is -2.33. The van der Waals surface area contributed by atoms with E-state index in [0.717, 1.165) is 43.4 Å². The third-order valence-corrected chi connectivity index (χ3v) is 4.29. The van der Waals surface area contributed by atoms with Crippen molar-refractivity contribution in [1.82, 2.24) is 15.3 Å². The highest BCUT2D eigenvalue weighted by Gasteiger charge is 2.30. The van der Waals surface area contributed by atoms with Gasteiger partial charge in [0.2, 0.25) is 5.91 Å². The molecule has 0 aromatic carbocycles. The molecule has 1 aliphatic carbocycles. The molecule has 1 amide bonds. The SMILES string of the molecule is CNC(=O)C1CCCN(c2cc(NC)nc(C3CC3)n2)C1. The van der Waals surface area contributed by atoms with Gasteiger partial charge in [0.05, 0.1) is 5.92 Å². The molecule has 1 aromatic rings. The topological polar surface area (TPSA) is 70.2 Å². The van der Waals surface area contributed by atoms with Gasteiger partial charge in [-0.3, -0.25) is 4.79 Å². The maximum Gasteiger partial charge on any atom is 0.224 e. The molecule has 21 heavy (non-hydrogen) atoms. The number of nitrogens with zero attached hydrogens (tertiary/aromatic N) is 3. The molecule has 1 saturated heterocycles. The first-order valence-corrected chi connectivity index (χ1v) is 7.74. The van der Waals surface area contributed by atoms with Crippen molar-refractivity contribution < 1.29 is 4.79 Å². The highest BCUT2D eigenvalue weighted by Crippen LogP contribution is 2.39. The summed E-state index contributed by atoms with van der Waals surface area (Å²) in [4.78, 5) is 23.4. The van der Waals surface area contributed by atoms with Crippen LogP contribution in [0.2, 0.25) is 0 Å². The number of hydrogen-bond donors (Lipinski definition) is 2. The molecule has 6 heteroatoms. The largest absolute Gasteiger partial charge is 0.373 e. The molecular formula is C15H23N5O. The van der Waals surface area contributed by atoms with Crippen molar-refractivity contribution >= 4 is 17.5 Å². The Bertz CT molecular complexity index is 529. The Hall–Kier alpha value is -1.85. The van der Waals surface area contributed by atoms with E-state index in [1.807, 2.05) is 13.1 Å². The van der Waals surface area contributed by atoms with Crippen LogP contribution in [0.4, 0.5) is 11.6 Å². The predicted octanol–water partition coefficient (Wildman–Crippen LogP) is 1.36. The molecule has 0 spiro atoms. The molecule has 2 aliphatic rings. The van der Waals surface area contributed by atoms with Crippen LogP contribution < -0.4 is 15.5 Å². The fourth-order valence-electron chi connectivity index (χ4n) is 2.87. The van der Waals surface area contributed by atoms with Crippen molar-refractivity contribution in [3.8, 4) is 0 Å². The summed E-state index contributed by atoms with van der Waals surface area (Å²) in [5, 5.41) is 5.88. The van der Waals surface area contributed by atoms with E-state index in [2.05, 4.69) is 20.5 Å². The summed E-state index contributed by atoms with van der Waals surface area (Å²) in [6.45, 7) is 1.70. The maximum absolute atomic E-state index is 11.9. The average molecular weight is 289 g/mol. The van der Waals surface area contributed by atoms with Gasteiger partial charge in [0.15, 0.2) is 0 Å². The molecule has 1 aromatic heterocycles. The minimum absolute atomic E-state index is 0.0566. The van der Waals surface area contributed by atoms with Crippen molar-refractivity contribution in [1.29, 1.82) is 0 Å². The van der Waals surface area contributed by atoms with Crippen LogP contribution in [0.25, 0.3) is 0 Å². The van der Waals surface area contributed by atoms with E-state index in [1.165, 1.54) is 12.8 Å². The van der Waals surface area contributed by atoms with E-state index in [0.29, 0.717) is 5.92 Å². The number of carbonyl (C=O) groups excluding carboxylic acids is 1. The number of rotatable bonds is 4. The number of aromatic nitrogens is 2. The molecule has 6 nitrogen and oxygen atoms in total. The minimum atomic E-state index is 0.0566. The molecule has 2 fully saturated rings. The molecule has 3 rings (SSSR count). The number of amides is 1. The van der Waals surface area contributed by atoms with Gasteiger partial charge in [-0.2, -0.15) is 0 Å². The van der Waals surface area contributed by atoms with Crippen LogP contribution in [0, 0.1) is 5.92 Å². The quantitative estimate of drug-likeness (QED) is 0.876. The van der Waals surface area contributed by atoms with Crippen molar-refractivity contribution in [2.75, 3.05) is 37.4 Å². The molecule has 1 unspecified atom stereocenters. The molecule has 2 N–H and O–H groups in total. The Morgan fingerprint density at radius 1 is 1.29 bits per heavy atom. The van der Waals surface area contributed by atoms with Crippen molar-refractivity contribution in [2.45, 2.75) is 31.6 Å². The normalized spacial score (nSPS) is 22.0. The standard InChI is InChI=1S/C15H23N5O/c1-16-12-8-13(19-14(18-12)10-5-6-10)20-7-3-4-11(9-20)15(21)17-2/h8,10-11H,3-7,9H2,1-2H3,(H,17,21)(H,16,18,19). The average Bonchev–Trinajstić information content (AvgIpc) is 3.38. The van der Waals surface area contributed by atoms with Crippen LogP contribution in [0.3, 0.4) is 0 Å². The first-order valence-electron chi connectivity index (χ1n) is 7.74. The number of nitrogens with one attached hydrogen (secondary N) is 2. The first-order chi connectivity index (χ1) is 10.2. The van der Waals surface area contributed by atoms with Gasteiger partial charge >= 0.3 is 0 Å². The number of anilines is 2. The van der Waals surface area contributed by atoms with E-state index >= 15 is 0 Å². The smallest absolute Gasteiger partial charge is 0.224 e. The summed E-state index contributed by atoms with van der Waals surface area (Å²) in [7, 11) is 3.59. The summed E-state index contributed by atoms with van der Waals surface area (Å²) in [5.74, 6) is 3.47. The third kappa shape index (κ3) is 3.09. The summed E-state index contributed by atoms with van der Waals surface area (Å²) >= 11 is 0. The van der Waals surface area contributed by atoms with Crippen LogP contribution in [-0.2, 0) is 4.79 Å². The monoisotopic (exact) mass is 289 g/mol. The Labute approximate surface area is 125 Å². The van der Waals surface area contributed by atoms with Gasteiger partial charge in [-0.1, -0.05) is 0 Å². The fourth-order valence-corrected chi connectivity index (χ4v) is 2.87. The highest BCUT2D eigenvalue weighted by molar-refractivity contribution is 5.79. The van der Waals surface area contributed by atoms with Crippen molar-refractivity contribution in [3.63, 3.8) is 0 Å². The molecule has 1 saturated carbocycles. The molecule has 1 aliphatic heterocycles. The number of hydrogen-bond acceptors (Lipinski definition) is 5. The number of piperidine rings is 1. The minimum Gasteiger partial charge on any atom is -0.373 e. The lowest BCUT2D eigenvalue weighted by Crippen LogP contribution is -2.42. The molecule has 2 heterocycles. The highest BCUT2D eigenvalue weighted by atomic mass is 16.1. The zero-order valence-corrected chi connectivity index (χ0v) is 12.7. The lowest BCUT2D eigenvalue weighted by molar-refractivity contribution is -0.124. The van der Waals surface area contributed by atoms with E-state index in [9.17, 15) is 4.79 Å². The van der Waals surface area contributed by atoms with Gasteiger partial charge < -0.3 is 15.5 Å². The zero-order chi connectivity index (χ0) is 14.8. The Morgan fingerprint density at radius 3 is 2.76 bits per heavy atom. The van der Waals surface area contributed by atoms with Gasteiger partial charge in [0.1, 0.15) is 17.5 Å². The summed E-state index contributed by atoms with van der Waals surface area (Å²) in [6.07, 6.45) is 4.35. The zero-order valence-electron chi connectivity index (χ0n) is 12.7. The van der Waals surface area contributed by atoms with Crippen molar-refractivity contribution in [3.05, 3.63) is 11.9 Å². The first kappa shape index (κ1) is 14.1. The second-order valence-corrected chi connectivity index (χ2v) is 5.89. The second kappa shape index (κ2) is 5.87. The molecule has 114 valence electrons. The van der Waals surface area contributed by atoms with E-state index in [4.69, 9.17) is 4.98 Å². The second-order valence-electron chi connectivity index (χ2n) is 5.89.